The molecule has 0 unspecified atom stereocenters. The minimum atomic E-state index is -0.443. The summed E-state index contributed by atoms with van der Waals surface area (Å²) in [5, 5.41) is 8.17. The van der Waals surface area contributed by atoms with E-state index < -0.39 is 5.97 Å². The van der Waals surface area contributed by atoms with Gasteiger partial charge >= 0.3 is 5.97 Å². The fourth-order valence-corrected chi connectivity index (χ4v) is 3.97. The lowest BCUT2D eigenvalue weighted by Crippen LogP contribution is -2.18. The van der Waals surface area contributed by atoms with Gasteiger partial charge in [-0.05, 0) is 26.3 Å². The Morgan fingerprint density at radius 1 is 1.22 bits per heavy atom. The lowest BCUT2D eigenvalue weighted by atomic mass is 10.1. The second-order valence-corrected chi connectivity index (χ2v) is 8.30. The minimum Gasteiger partial charge on any atom is -0.462 e. The van der Waals surface area contributed by atoms with Crippen LogP contribution in [0.1, 0.15) is 47.3 Å². The number of nitrogens with one attached hydrogen (secondary N) is 2. The predicted molar refractivity (Wildman–Crippen MR) is 108 cm³/mol. The first-order chi connectivity index (χ1) is 12.7. The van der Waals surface area contributed by atoms with Crippen LogP contribution in [0.5, 0.6) is 0 Å². The molecule has 2 heterocycles. The predicted octanol–water partition coefficient (Wildman–Crippen LogP) is 3.77. The van der Waals surface area contributed by atoms with Gasteiger partial charge in [0.25, 0.3) is 0 Å². The van der Waals surface area contributed by atoms with Gasteiger partial charge in [0.2, 0.25) is 11.8 Å². The van der Waals surface area contributed by atoms with Crippen molar-refractivity contribution in [2.24, 2.45) is 5.92 Å². The highest BCUT2D eigenvalue weighted by Crippen LogP contribution is 2.33. The van der Waals surface area contributed by atoms with Crippen LogP contribution in [-0.2, 0) is 20.7 Å². The van der Waals surface area contributed by atoms with Crippen molar-refractivity contribution in [1.82, 2.24) is 4.98 Å². The number of anilines is 2. The van der Waals surface area contributed by atoms with E-state index in [0.29, 0.717) is 21.4 Å². The van der Waals surface area contributed by atoms with Crippen molar-refractivity contribution >= 4 is 50.6 Å². The second-order valence-electron chi connectivity index (χ2n) is 6.22. The molecule has 0 aliphatic heterocycles. The summed E-state index contributed by atoms with van der Waals surface area (Å²) < 4.78 is 5.09. The van der Waals surface area contributed by atoms with Crippen LogP contribution in [0.4, 0.5) is 10.1 Å². The molecule has 2 N–H and O–H groups in total. The Kier molecular flexibility index (Phi) is 7.09. The summed E-state index contributed by atoms with van der Waals surface area (Å²) in [7, 11) is 0. The van der Waals surface area contributed by atoms with Gasteiger partial charge in [-0.2, -0.15) is 0 Å². The molecule has 0 aliphatic carbocycles. The molecule has 146 valence electrons. The molecule has 0 atom stereocenters. The standard InChI is InChI=1S/C18H23N3O4S2/c1-6-25-17(24)14-10(4)11(5)27-16(14)20-13(22)7-12-8-26-18(19-12)21-15(23)9(2)3/h8-9H,6-7H2,1-5H3,(H,20,22)(H,19,21,23). The summed E-state index contributed by atoms with van der Waals surface area (Å²) in [6, 6.07) is 0. The Hall–Kier alpha value is -2.26. The van der Waals surface area contributed by atoms with Crippen LogP contribution >= 0.6 is 22.7 Å². The normalized spacial score (nSPS) is 10.7. The summed E-state index contributed by atoms with van der Waals surface area (Å²) in [4.78, 5) is 41.5. The molecule has 0 radical (unpaired) electrons. The summed E-state index contributed by atoms with van der Waals surface area (Å²) in [6.45, 7) is 9.32. The van der Waals surface area contributed by atoms with Crippen molar-refractivity contribution in [2.45, 2.75) is 41.0 Å². The van der Waals surface area contributed by atoms with Crippen molar-refractivity contribution in [2.75, 3.05) is 17.2 Å². The summed E-state index contributed by atoms with van der Waals surface area (Å²) in [5.74, 6) is -0.993. The number of thiophene rings is 1. The molecule has 2 aromatic rings. The van der Waals surface area contributed by atoms with Crippen LogP contribution in [0, 0.1) is 19.8 Å². The van der Waals surface area contributed by atoms with Gasteiger partial charge in [0.05, 0.1) is 24.3 Å². The third kappa shape index (κ3) is 5.36. The van der Waals surface area contributed by atoms with Gasteiger partial charge in [-0.3, -0.25) is 9.59 Å². The number of amides is 2. The molecule has 27 heavy (non-hydrogen) atoms. The van der Waals surface area contributed by atoms with E-state index in [2.05, 4.69) is 15.6 Å². The lowest BCUT2D eigenvalue weighted by Gasteiger charge is -2.06. The number of aryl methyl sites for hydroxylation is 1. The number of rotatable bonds is 7. The molecule has 0 bridgehead atoms. The van der Waals surface area contributed by atoms with E-state index in [1.807, 2.05) is 13.8 Å². The SMILES string of the molecule is CCOC(=O)c1c(NC(=O)Cc2csc(NC(=O)C(C)C)n2)sc(C)c1C. The minimum absolute atomic E-state index is 0.0479. The molecule has 0 aliphatic rings. The van der Waals surface area contributed by atoms with E-state index in [1.54, 1.807) is 26.2 Å². The monoisotopic (exact) mass is 409 g/mol. The molecule has 0 saturated carbocycles. The smallest absolute Gasteiger partial charge is 0.341 e. The van der Waals surface area contributed by atoms with Gasteiger partial charge in [0.1, 0.15) is 5.00 Å². The summed E-state index contributed by atoms with van der Waals surface area (Å²) in [6.07, 6.45) is 0.0479. The van der Waals surface area contributed by atoms with Crippen LogP contribution in [0.3, 0.4) is 0 Å². The molecule has 9 heteroatoms. The highest BCUT2D eigenvalue weighted by molar-refractivity contribution is 7.16. The Morgan fingerprint density at radius 3 is 2.56 bits per heavy atom. The third-order valence-corrected chi connectivity index (χ3v) is 5.69. The topological polar surface area (TPSA) is 97.4 Å². The summed E-state index contributed by atoms with van der Waals surface area (Å²) >= 11 is 2.61. The first-order valence-corrected chi connectivity index (χ1v) is 10.2. The Morgan fingerprint density at radius 2 is 1.93 bits per heavy atom. The quantitative estimate of drug-likeness (QED) is 0.679. The largest absolute Gasteiger partial charge is 0.462 e. The maximum atomic E-state index is 12.4. The highest BCUT2D eigenvalue weighted by atomic mass is 32.1. The number of thiazole rings is 1. The lowest BCUT2D eigenvalue weighted by molar-refractivity contribution is -0.119. The van der Waals surface area contributed by atoms with E-state index in [-0.39, 0.29) is 30.8 Å². The van der Waals surface area contributed by atoms with Crippen molar-refractivity contribution < 1.29 is 19.1 Å². The van der Waals surface area contributed by atoms with Gasteiger partial charge < -0.3 is 15.4 Å². The number of carbonyl (C=O) groups excluding carboxylic acids is 3. The molecule has 0 fully saturated rings. The Bertz CT molecular complexity index is 855. The van der Waals surface area contributed by atoms with E-state index in [4.69, 9.17) is 4.74 Å². The maximum Gasteiger partial charge on any atom is 0.341 e. The van der Waals surface area contributed by atoms with Gasteiger partial charge in [0.15, 0.2) is 5.13 Å². The Labute approximate surface area is 166 Å². The fraction of sp³-hybridized carbons (Fsp3) is 0.444. The van der Waals surface area contributed by atoms with Gasteiger partial charge in [-0.25, -0.2) is 9.78 Å². The molecule has 0 spiro atoms. The number of aromatic nitrogens is 1. The second kappa shape index (κ2) is 9.09. The molecule has 2 rings (SSSR count). The number of esters is 1. The zero-order valence-corrected chi connectivity index (χ0v) is 17.6. The molecule has 2 amide bonds. The third-order valence-electron chi connectivity index (χ3n) is 3.77. The van der Waals surface area contributed by atoms with Crippen molar-refractivity contribution in [3.05, 3.63) is 27.1 Å². The van der Waals surface area contributed by atoms with E-state index >= 15 is 0 Å². The van der Waals surface area contributed by atoms with Crippen molar-refractivity contribution in [1.29, 1.82) is 0 Å². The van der Waals surface area contributed by atoms with Crippen LogP contribution in [-0.4, -0.2) is 29.4 Å². The van der Waals surface area contributed by atoms with Crippen molar-refractivity contribution in [3.63, 3.8) is 0 Å². The van der Waals surface area contributed by atoms with Crippen molar-refractivity contribution in [3.8, 4) is 0 Å². The van der Waals surface area contributed by atoms with E-state index in [0.717, 1.165) is 10.4 Å². The summed E-state index contributed by atoms with van der Waals surface area (Å²) in [5.41, 5.74) is 1.76. The van der Waals surface area contributed by atoms with Crippen LogP contribution in [0.15, 0.2) is 5.38 Å². The number of ether oxygens (including phenoxy) is 1. The maximum absolute atomic E-state index is 12.4. The molecule has 7 nitrogen and oxygen atoms in total. The van der Waals surface area contributed by atoms with Crippen LogP contribution in [0.25, 0.3) is 0 Å². The Balaban J connectivity index is 2.06. The molecule has 2 aromatic heterocycles. The highest BCUT2D eigenvalue weighted by Gasteiger charge is 2.22. The van der Waals surface area contributed by atoms with Crippen LogP contribution in [0.2, 0.25) is 0 Å². The van der Waals surface area contributed by atoms with E-state index in [1.165, 1.54) is 22.7 Å². The molecule has 0 saturated heterocycles. The van der Waals surface area contributed by atoms with Gasteiger partial charge in [-0.1, -0.05) is 13.8 Å². The first-order valence-electron chi connectivity index (χ1n) is 8.55. The number of nitrogens with zero attached hydrogens (tertiary/aromatic N) is 1. The number of hydrogen-bond donors (Lipinski definition) is 2. The number of hydrogen-bond acceptors (Lipinski definition) is 7. The number of carbonyl (C=O) groups is 3. The zero-order valence-electron chi connectivity index (χ0n) is 16.0. The molecular weight excluding hydrogens is 386 g/mol. The zero-order chi connectivity index (χ0) is 20.1. The molecule has 0 aromatic carbocycles. The van der Waals surface area contributed by atoms with Gasteiger partial charge in [0, 0.05) is 16.2 Å². The fourth-order valence-electron chi connectivity index (χ4n) is 2.19. The molecular formula is C18H23N3O4S2. The average Bonchev–Trinajstić information content (AvgIpc) is 3.12. The average molecular weight is 410 g/mol. The van der Waals surface area contributed by atoms with Gasteiger partial charge in [-0.15, -0.1) is 22.7 Å². The first kappa shape index (κ1) is 21.0. The van der Waals surface area contributed by atoms with E-state index in [9.17, 15) is 14.4 Å². The van der Waals surface area contributed by atoms with Crippen LogP contribution < -0.4 is 10.6 Å².